The van der Waals surface area contributed by atoms with Gasteiger partial charge in [0.05, 0.1) is 6.61 Å². The number of hydrogen-bond donors (Lipinski definition) is 2. The average molecular weight is 468 g/mol. The van der Waals surface area contributed by atoms with Gasteiger partial charge in [-0.25, -0.2) is 0 Å². The molecule has 7 heteroatoms. The van der Waals surface area contributed by atoms with Crippen molar-refractivity contribution in [2.24, 2.45) is 29.6 Å². The van der Waals surface area contributed by atoms with Crippen LogP contribution in [0.25, 0.3) is 0 Å². The Labute approximate surface area is 199 Å². The standard InChI is InChI=1S/C26H33N3O3S/c30-25(28-22-19-11-17-10-18(13-19)14-20(22)12-17)23-24(33-21-4-2-1-3-5-21)26(29-32-23)31-15-16-6-8-27-9-7-16/h1-5,16-20,22,27H,6-15H2,(H,28,30). The number of rotatable bonds is 7. The normalized spacial score (nSPS) is 31.0. The van der Waals surface area contributed by atoms with Crippen LogP contribution in [0.2, 0.25) is 0 Å². The molecule has 4 aliphatic carbocycles. The average Bonchev–Trinajstić information content (AvgIpc) is 3.23. The predicted molar refractivity (Wildman–Crippen MR) is 126 cm³/mol. The minimum Gasteiger partial charge on any atom is -0.474 e. The first-order valence-corrected chi connectivity index (χ1v) is 13.4. The minimum absolute atomic E-state index is 0.143. The molecule has 2 heterocycles. The Morgan fingerprint density at radius 2 is 1.76 bits per heavy atom. The summed E-state index contributed by atoms with van der Waals surface area (Å²) in [5.41, 5.74) is 0. The smallest absolute Gasteiger partial charge is 0.291 e. The number of carbonyl (C=O) groups excluding carboxylic acids is 1. The molecule has 1 amide bonds. The Kier molecular flexibility index (Phi) is 6.09. The molecule has 4 saturated carbocycles. The first-order valence-electron chi connectivity index (χ1n) is 12.6. The molecule has 7 rings (SSSR count). The number of carbonyl (C=O) groups is 1. The van der Waals surface area contributed by atoms with E-state index in [0.29, 0.717) is 35.1 Å². The van der Waals surface area contributed by atoms with Crippen LogP contribution in [0.4, 0.5) is 0 Å². The first-order chi connectivity index (χ1) is 16.2. The summed E-state index contributed by atoms with van der Waals surface area (Å²) in [7, 11) is 0. The van der Waals surface area contributed by atoms with Crippen LogP contribution in [0.1, 0.15) is 55.5 Å². The van der Waals surface area contributed by atoms with Crippen LogP contribution in [0, 0.1) is 29.6 Å². The zero-order valence-electron chi connectivity index (χ0n) is 19.0. The Bertz CT molecular complexity index is 944. The highest BCUT2D eigenvalue weighted by Gasteiger charge is 2.49. The molecule has 0 spiro atoms. The van der Waals surface area contributed by atoms with E-state index in [2.05, 4.69) is 15.8 Å². The summed E-state index contributed by atoms with van der Waals surface area (Å²) in [6, 6.07) is 10.3. The molecule has 1 aromatic heterocycles. The highest BCUT2D eigenvalue weighted by molar-refractivity contribution is 7.99. The van der Waals surface area contributed by atoms with Gasteiger partial charge in [0.1, 0.15) is 4.90 Å². The van der Waals surface area contributed by atoms with E-state index < -0.39 is 0 Å². The van der Waals surface area contributed by atoms with Crippen molar-refractivity contribution in [1.29, 1.82) is 0 Å². The molecule has 0 radical (unpaired) electrons. The van der Waals surface area contributed by atoms with Crippen molar-refractivity contribution < 1.29 is 14.1 Å². The predicted octanol–water partition coefficient (Wildman–Crippen LogP) is 4.76. The lowest BCUT2D eigenvalue weighted by Gasteiger charge is -2.54. The Morgan fingerprint density at radius 3 is 2.45 bits per heavy atom. The topological polar surface area (TPSA) is 76.4 Å². The van der Waals surface area contributed by atoms with Crippen molar-refractivity contribution in [1.82, 2.24) is 15.8 Å². The SMILES string of the molecule is O=C(NC1C2CC3CC(C2)CC1C3)c1onc(OCC2CCNCC2)c1Sc1ccccc1. The van der Waals surface area contributed by atoms with Crippen molar-refractivity contribution in [3.8, 4) is 5.88 Å². The van der Waals surface area contributed by atoms with E-state index >= 15 is 0 Å². The summed E-state index contributed by atoms with van der Waals surface area (Å²) < 4.78 is 11.8. The number of ether oxygens (including phenoxy) is 1. The molecule has 2 aromatic rings. The molecule has 0 atom stereocenters. The van der Waals surface area contributed by atoms with Crippen LogP contribution in [-0.4, -0.2) is 36.8 Å². The van der Waals surface area contributed by atoms with Gasteiger partial charge in [0.25, 0.3) is 11.8 Å². The fourth-order valence-corrected chi connectivity index (χ4v) is 7.76. The number of amides is 1. The Balaban J connectivity index is 1.20. The molecular formula is C26H33N3O3S. The van der Waals surface area contributed by atoms with Gasteiger partial charge in [-0.1, -0.05) is 30.0 Å². The first kappa shape index (κ1) is 21.5. The van der Waals surface area contributed by atoms with Crippen LogP contribution < -0.4 is 15.4 Å². The summed E-state index contributed by atoms with van der Waals surface area (Å²) >= 11 is 1.50. The van der Waals surface area contributed by atoms with E-state index in [0.717, 1.165) is 42.7 Å². The van der Waals surface area contributed by atoms with Gasteiger partial charge in [-0.2, -0.15) is 0 Å². The summed E-state index contributed by atoms with van der Waals surface area (Å²) in [6.45, 7) is 2.66. The maximum atomic E-state index is 13.4. The molecule has 1 aliphatic heterocycles. The fourth-order valence-electron chi connectivity index (χ4n) is 6.82. The summed E-state index contributed by atoms with van der Waals surface area (Å²) in [6.07, 6.45) is 8.67. The van der Waals surface area contributed by atoms with Gasteiger partial charge in [0.2, 0.25) is 5.76 Å². The molecule has 1 aromatic carbocycles. The third kappa shape index (κ3) is 4.54. The zero-order chi connectivity index (χ0) is 22.2. The number of nitrogens with zero attached hydrogens (tertiary/aromatic N) is 1. The maximum Gasteiger partial charge on any atom is 0.291 e. The number of hydrogen-bond acceptors (Lipinski definition) is 6. The van der Waals surface area contributed by atoms with E-state index in [-0.39, 0.29) is 17.7 Å². The van der Waals surface area contributed by atoms with Gasteiger partial charge in [-0.3, -0.25) is 4.79 Å². The molecule has 1 saturated heterocycles. The molecule has 4 bridgehead atoms. The monoisotopic (exact) mass is 467 g/mol. The van der Waals surface area contributed by atoms with E-state index in [1.807, 2.05) is 30.3 Å². The zero-order valence-corrected chi connectivity index (χ0v) is 19.8. The highest BCUT2D eigenvalue weighted by atomic mass is 32.2. The van der Waals surface area contributed by atoms with Gasteiger partial charge in [-0.15, -0.1) is 0 Å². The number of benzene rings is 1. The van der Waals surface area contributed by atoms with E-state index in [9.17, 15) is 4.79 Å². The maximum absolute atomic E-state index is 13.4. The van der Waals surface area contributed by atoms with Gasteiger partial charge in [-0.05, 0) is 105 Å². The number of piperidine rings is 1. The molecule has 33 heavy (non-hydrogen) atoms. The Hall–Kier alpha value is -1.99. The van der Waals surface area contributed by atoms with Crippen molar-refractivity contribution in [2.75, 3.05) is 19.7 Å². The van der Waals surface area contributed by atoms with Crippen molar-refractivity contribution in [2.45, 2.75) is 60.8 Å². The highest BCUT2D eigenvalue weighted by Crippen LogP contribution is 2.53. The van der Waals surface area contributed by atoms with Crippen LogP contribution >= 0.6 is 11.8 Å². The molecule has 176 valence electrons. The molecular weight excluding hydrogens is 434 g/mol. The van der Waals surface area contributed by atoms with Crippen molar-refractivity contribution in [3.05, 3.63) is 36.1 Å². The molecule has 6 nitrogen and oxygen atoms in total. The second kappa shape index (κ2) is 9.34. The number of aromatic nitrogens is 1. The largest absolute Gasteiger partial charge is 0.474 e. The fraction of sp³-hybridized carbons (Fsp3) is 0.615. The van der Waals surface area contributed by atoms with Crippen LogP contribution in [0.5, 0.6) is 5.88 Å². The van der Waals surface area contributed by atoms with Gasteiger partial charge in [0, 0.05) is 10.9 Å². The molecule has 5 fully saturated rings. The van der Waals surface area contributed by atoms with E-state index in [1.165, 1.54) is 43.9 Å². The van der Waals surface area contributed by atoms with Gasteiger partial charge >= 0.3 is 0 Å². The van der Waals surface area contributed by atoms with Crippen LogP contribution in [0.15, 0.2) is 44.6 Å². The van der Waals surface area contributed by atoms with E-state index in [1.54, 1.807) is 0 Å². The number of nitrogens with one attached hydrogen (secondary N) is 2. The van der Waals surface area contributed by atoms with Gasteiger partial charge in [0.15, 0.2) is 0 Å². The van der Waals surface area contributed by atoms with Gasteiger partial charge < -0.3 is 19.9 Å². The lowest BCUT2D eigenvalue weighted by Crippen LogP contribution is -2.55. The summed E-state index contributed by atoms with van der Waals surface area (Å²) in [4.78, 5) is 15.2. The van der Waals surface area contributed by atoms with Crippen molar-refractivity contribution in [3.63, 3.8) is 0 Å². The summed E-state index contributed by atoms with van der Waals surface area (Å²) in [5.74, 6) is 4.09. The summed E-state index contributed by atoms with van der Waals surface area (Å²) in [5, 5.41) is 11.0. The second-order valence-electron chi connectivity index (χ2n) is 10.5. The lowest BCUT2D eigenvalue weighted by molar-refractivity contribution is -0.0124. The quantitative estimate of drug-likeness (QED) is 0.612. The van der Waals surface area contributed by atoms with Crippen LogP contribution in [0.3, 0.4) is 0 Å². The molecule has 0 unspecified atom stereocenters. The van der Waals surface area contributed by atoms with Crippen molar-refractivity contribution >= 4 is 17.7 Å². The van der Waals surface area contributed by atoms with Crippen LogP contribution in [-0.2, 0) is 0 Å². The van der Waals surface area contributed by atoms with E-state index in [4.69, 9.17) is 9.26 Å². The third-order valence-electron chi connectivity index (χ3n) is 8.23. The Morgan fingerprint density at radius 1 is 1.06 bits per heavy atom. The second-order valence-corrected chi connectivity index (χ2v) is 11.6. The third-order valence-corrected chi connectivity index (χ3v) is 9.30. The minimum atomic E-state index is -0.143. The lowest BCUT2D eigenvalue weighted by atomic mass is 9.54. The molecule has 5 aliphatic rings. The molecule has 2 N–H and O–H groups in total.